The summed E-state index contributed by atoms with van der Waals surface area (Å²) in [5, 5.41) is 3.08. The van der Waals surface area contributed by atoms with E-state index in [2.05, 4.69) is 17.4 Å². The fourth-order valence-electron chi connectivity index (χ4n) is 2.76. The Bertz CT molecular complexity index is 433. The van der Waals surface area contributed by atoms with Gasteiger partial charge in [0, 0.05) is 0 Å². The maximum absolute atomic E-state index is 11.9. The highest BCUT2D eigenvalue weighted by atomic mass is 16.2. The molecule has 96 valence electrons. The van der Waals surface area contributed by atoms with Crippen LogP contribution in [-0.4, -0.2) is 11.7 Å². The Morgan fingerprint density at radius 1 is 1.17 bits per heavy atom. The molecule has 1 aliphatic rings. The topological polar surface area (TPSA) is 46.2 Å². The van der Waals surface area contributed by atoms with E-state index >= 15 is 0 Å². The summed E-state index contributed by atoms with van der Waals surface area (Å²) in [6.45, 7) is 1.45. The van der Waals surface area contributed by atoms with E-state index in [9.17, 15) is 9.59 Å². The van der Waals surface area contributed by atoms with Gasteiger partial charge in [0.05, 0.1) is 12.0 Å². The van der Waals surface area contributed by atoms with E-state index in [0.717, 1.165) is 31.2 Å². The molecular weight excluding hydrogens is 226 g/mol. The lowest BCUT2D eigenvalue weighted by Crippen LogP contribution is -2.44. The van der Waals surface area contributed by atoms with Crippen LogP contribution >= 0.6 is 0 Å². The number of ketones is 1. The van der Waals surface area contributed by atoms with Crippen LogP contribution in [0, 0.1) is 0 Å². The Kier molecular flexibility index (Phi) is 3.80. The van der Waals surface area contributed by atoms with Gasteiger partial charge in [-0.2, -0.15) is 0 Å². The zero-order valence-corrected chi connectivity index (χ0v) is 10.7. The molecule has 18 heavy (non-hydrogen) atoms. The normalized spacial score (nSPS) is 17.4. The van der Waals surface area contributed by atoms with Gasteiger partial charge in [0.15, 0.2) is 0 Å². The second kappa shape index (κ2) is 5.34. The molecule has 0 bridgehead atoms. The number of amides is 1. The minimum absolute atomic E-state index is 0.0193. The van der Waals surface area contributed by atoms with E-state index in [4.69, 9.17) is 0 Å². The molecule has 1 aliphatic carbocycles. The monoisotopic (exact) mass is 245 g/mol. The molecule has 2 rings (SSSR count). The van der Waals surface area contributed by atoms with Crippen molar-refractivity contribution in [3.8, 4) is 0 Å². The molecule has 0 spiro atoms. The van der Waals surface area contributed by atoms with Gasteiger partial charge >= 0.3 is 0 Å². The first kappa shape index (κ1) is 12.8. The van der Waals surface area contributed by atoms with E-state index in [1.165, 1.54) is 6.92 Å². The van der Waals surface area contributed by atoms with E-state index in [1.807, 2.05) is 18.2 Å². The molecule has 0 heterocycles. The summed E-state index contributed by atoms with van der Waals surface area (Å²) in [5.74, 6) is -0.248. The number of hydrogen-bond acceptors (Lipinski definition) is 2. The molecular formula is C15H19NO2. The third-order valence-corrected chi connectivity index (χ3v) is 3.57. The van der Waals surface area contributed by atoms with E-state index in [0.29, 0.717) is 0 Å². The van der Waals surface area contributed by atoms with Gasteiger partial charge in [-0.3, -0.25) is 9.59 Å². The van der Waals surface area contributed by atoms with Crippen LogP contribution in [0.25, 0.3) is 0 Å². The van der Waals surface area contributed by atoms with Gasteiger partial charge in [-0.1, -0.05) is 43.2 Å². The average Bonchev–Trinajstić information content (AvgIpc) is 2.79. The molecule has 0 aromatic heterocycles. The van der Waals surface area contributed by atoms with Crippen LogP contribution in [0.1, 0.15) is 44.6 Å². The van der Waals surface area contributed by atoms with Crippen LogP contribution in [0.5, 0.6) is 0 Å². The number of Topliss-reactive ketones (excluding diaryl/α,β-unsaturated/α-hetero) is 1. The molecule has 3 heteroatoms. The predicted octanol–water partition coefficient (Wildman–Crippen LogP) is 2.55. The third-order valence-electron chi connectivity index (χ3n) is 3.57. The standard InChI is InChI=1S/C15H19NO2/c1-12(17)11-14(18)16-15(9-5-6-10-15)13-7-3-2-4-8-13/h2-4,7-8H,5-6,9-11H2,1H3,(H,16,18). The minimum Gasteiger partial charge on any atom is -0.346 e. The maximum atomic E-state index is 11.9. The molecule has 1 aromatic carbocycles. The molecule has 1 N–H and O–H groups in total. The molecule has 0 saturated heterocycles. The number of nitrogens with one attached hydrogen (secondary N) is 1. The molecule has 0 radical (unpaired) electrons. The van der Waals surface area contributed by atoms with E-state index in [1.54, 1.807) is 0 Å². The van der Waals surface area contributed by atoms with E-state index in [-0.39, 0.29) is 23.7 Å². The number of rotatable bonds is 4. The van der Waals surface area contributed by atoms with Crippen molar-refractivity contribution >= 4 is 11.7 Å². The number of hydrogen-bond donors (Lipinski definition) is 1. The molecule has 0 unspecified atom stereocenters. The fourth-order valence-corrected chi connectivity index (χ4v) is 2.76. The van der Waals surface area contributed by atoms with Crippen LogP contribution in [0.2, 0.25) is 0 Å². The zero-order valence-electron chi connectivity index (χ0n) is 10.7. The highest BCUT2D eigenvalue weighted by Crippen LogP contribution is 2.38. The first-order valence-corrected chi connectivity index (χ1v) is 6.48. The predicted molar refractivity (Wildman–Crippen MR) is 70.0 cm³/mol. The van der Waals surface area contributed by atoms with Crippen LogP contribution in [0.3, 0.4) is 0 Å². The Balaban J connectivity index is 2.18. The first-order valence-electron chi connectivity index (χ1n) is 6.48. The zero-order chi connectivity index (χ0) is 13.0. The van der Waals surface area contributed by atoms with Crippen molar-refractivity contribution in [2.75, 3.05) is 0 Å². The summed E-state index contributed by atoms with van der Waals surface area (Å²) in [7, 11) is 0. The number of carbonyl (C=O) groups is 2. The van der Waals surface area contributed by atoms with Crippen molar-refractivity contribution < 1.29 is 9.59 Å². The van der Waals surface area contributed by atoms with E-state index < -0.39 is 0 Å². The molecule has 1 saturated carbocycles. The van der Waals surface area contributed by atoms with Crippen molar-refractivity contribution in [3.63, 3.8) is 0 Å². The summed E-state index contributed by atoms with van der Waals surface area (Å²) >= 11 is 0. The molecule has 1 aromatic rings. The first-order chi connectivity index (χ1) is 8.62. The summed E-state index contributed by atoms with van der Waals surface area (Å²) < 4.78 is 0. The Hall–Kier alpha value is -1.64. The van der Waals surface area contributed by atoms with Crippen molar-refractivity contribution in [2.45, 2.75) is 44.6 Å². The quantitative estimate of drug-likeness (QED) is 0.829. The van der Waals surface area contributed by atoms with Crippen molar-refractivity contribution in [2.24, 2.45) is 0 Å². The lowest BCUT2D eigenvalue weighted by Gasteiger charge is -2.31. The second-order valence-corrected chi connectivity index (χ2v) is 5.08. The van der Waals surface area contributed by atoms with Gasteiger partial charge < -0.3 is 5.32 Å². The molecule has 1 fully saturated rings. The van der Waals surface area contributed by atoms with Crippen molar-refractivity contribution in [1.82, 2.24) is 5.32 Å². The second-order valence-electron chi connectivity index (χ2n) is 5.08. The number of carbonyl (C=O) groups excluding carboxylic acids is 2. The Morgan fingerprint density at radius 3 is 2.33 bits per heavy atom. The molecule has 1 amide bonds. The van der Waals surface area contributed by atoms with Gasteiger partial charge in [0.1, 0.15) is 5.78 Å². The Morgan fingerprint density at radius 2 is 1.78 bits per heavy atom. The van der Waals surface area contributed by atoms with Crippen LogP contribution in [0.15, 0.2) is 30.3 Å². The smallest absolute Gasteiger partial charge is 0.228 e. The molecule has 0 atom stereocenters. The lowest BCUT2D eigenvalue weighted by molar-refractivity contribution is -0.128. The van der Waals surface area contributed by atoms with Gasteiger partial charge in [-0.05, 0) is 25.3 Å². The van der Waals surface area contributed by atoms with Crippen LogP contribution in [0.4, 0.5) is 0 Å². The minimum atomic E-state index is -0.256. The summed E-state index contributed by atoms with van der Waals surface area (Å²) in [6, 6.07) is 10.1. The van der Waals surface area contributed by atoms with Gasteiger partial charge in [-0.25, -0.2) is 0 Å². The third kappa shape index (κ3) is 2.78. The molecule has 3 nitrogen and oxygen atoms in total. The van der Waals surface area contributed by atoms with Crippen LogP contribution < -0.4 is 5.32 Å². The Labute approximate surface area is 108 Å². The van der Waals surface area contributed by atoms with Gasteiger partial charge in [0.2, 0.25) is 5.91 Å². The highest BCUT2D eigenvalue weighted by Gasteiger charge is 2.36. The molecule has 0 aliphatic heterocycles. The van der Waals surface area contributed by atoms with Gasteiger partial charge in [-0.15, -0.1) is 0 Å². The van der Waals surface area contributed by atoms with Gasteiger partial charge in [0.25, 0.3) is 0 Å². The van der Waals surface area contributed by atoms with Crippen LogP contribution in [-0.2, 0) is 15.1 Å². The fraction of sp³-hybridized carbons (Fsp3) is 0.467. The SMILES string of the molecule is CC(=O)CC(=O)NC1(c2ccccc2)CCCC1. The lowest BCUT2D eigenvalue weighted by atomic mass is 9.88. The maximum Gasteiger partial charge on any atom is 0.228 e. The summed E-state index contributed by atoms with van der Waals surface area (Å²) in [5.41, 5.74) is 0.896. The van der Waals surface area contributed by atoms with Crippen molar-refractivity contribution in [3.05, 3.63) is 35.9 Å². The largest absolute Gasteiger partial charge is 0.346 e. The van der Waals surface area contributed by atoms with Crippen molar-refractivity contribution in [1.29, 1.82) is 0 Å². The number of benzene rings is 1. The summed E-state index contributed by atoms with van der Waals surface area (Å²) in [4.78, 5) is 22.9. The summed E-state index contributed by atoms with van der Waals surface area (Å²) in [6.07, 6.45) is 4.14. The average molecular weight is 245 g/mol. The highest BCUT2D eigenvalue weighted by molar-refractivity contribution is 5.97.